The van der Waals surface area contributed by atoms with E-state index in [1.807, 2.05) is 6.07 Å². The fourth-order valence-electron chi connectivity index (χ4n) is 1.90. The summed E-state index contributed by atoms with van der Waals surface area (Å²) in [6, 6.07) is 10.5. The summed E-state index contributed by atoms with van der Waals surface area (Å²) in [5.74, 6) is 1.10. The van der Waals surface area contributed by atoms with E-state index in [1.54, 1.807) is 11.3 Å². The van der Waals surface area contributed by atoms with E-state index in [9.17, 15) is 0 Å². The highest BCUT2D eigenvalue weighted by atomic mass is 79.9. The molecule has 1 aromatic carbocycles. The lowest BCUT2D eigenvalue weighted by Gasteiger charge is -2.15. The molecule has 0 saturated heterocycles. The van der Waals surface area contributed by atoms with E-state index in [0.29, 0.717) is 11.8 Å². The van der Waals surface area contributed by atoms with Gasteiger partial charge in [-0.25, -0.2) is 0 Å². The predicted molar refractivity (Wildman–Crippen MR) is 80.2 cm³/mol. The molecule has 0 radical (unpaired) electrons. The number of alkyl halides is 1. The Morgan fingerprint density at radius 1 is 1.24 bits per heavy atom. The fraction of sp³-hybridized carbons (Fsp3) is 0.286. The molecule has 0 nitrogen and oxygen atoms in total. The van der Waals surface area contributed by atoms with Gasteiger partial charge in [-0.2, -0.15) is 11.3 Å². The molecular weight excluding hydrogens is 316 g/mol. The molecule has 2 rings (SSSR count). The third-order valence-corrected chi connectivity index (χ3v) is 4.72. The number of thiophene rings is 1. The Kier molecular flexibility index (Phi) is 5.08. The summed E-state index contributed by atoms with van der Waals surface area (Å²) < 4.78 is 1.16. The van der Waals surface area contributed by atoms with Gasteiger partial charge in [-0.1, -0.05) is 34.1 Å². The standard InChI is InChI=1S/C14H14BrClS/c15-14-4-2-1-3-13(14)12(9-16)6-5-11-7-8-17-10-11/h1-4,7-8,10,12H,5-6,9H2. The van der Waals surface area contributed by atoms with Crippen molar-refractivity contribution >= 4 is 38.9 Å². The quantitative estimate of drug-likeness (QED) is 0.638. The first-order chi connectivity index (χ1) is 8.31. The van der Waals surface area contributed by atoms with Crippen LogP contribution in [0.25, 0.3) is 0 Å². The van der Waals surface area contributed by atoms with Crippen molar-refractivity contribution in [2.45, 2.75) is 18.8 Å². The minimum Gasteiger partial charge on any atom is -0.152 e. The SMILES string of the molecule is ClCC(CCc1ccsc1)c1ccccc1Br. The third kappa shape index (κ3) is 3.57. The molecule has 0 fully saturated rings. The summed E-state index contributed by atoms with van der Waals surface area (Å²) >= 11 is 11.5. The molecule has 0 saturated carbocycles. The summed E-state index contributed by atoms with van der Waals surface area (Å²) in [6.07, 6.45) is 2.20. The highest BCUT2D eigenvalue weighted by molar-refractivity contribution is 9.10. The lowest BCUT2D eigenvalue weighted by Crippen LogP contribution is -2.03. The van der Waals surface area contributed by atoms with Crippen molar-refractivity contribution in [1.82, 2.24) is 0 Å². The van der Waals surface area contributed by atoms with Crippen molar-refractivity contribution in [3.05, 3.63) is 56.7 Å². The minimum absolute atomic E-state index is 0.423. The molecule has 2 aromatic rings. The van der Waals surface area contributed by atoms with Crippen LogP contribution in [0.4, 0.5) is 0 Å². The monoisotopic (exact) mass is 328 g/mol. The second kappa shape index (κ2) is 6.58. The van der Waals surface area contributed by atoms with Gasteiger partial charge in [0.2, 0.25) is 0 Å². The maximum atomic E-state index is 6.10. The van der Waals surface area contributed by atoms with Gasteiger partial charge in [-0.05, 0) is 52.8 Å². The first-order valence-electron chi connectivity index (χ1n) is 5.62. The normalized spacial score (nSPS) is 12.6. The zero-order valence-corrected chi connectivity index (χ0v) is 12.6. The first kappa shape index (κ1) is 13.1. The van der Waals surface area contributed by atoms with Crippen LogP contribution in [0.5, 0.6) is 0 Å². The van der Waals surface area contributed by atoms with E-state index in [2.05, 4.69) is 51.0 Å². The Bertz CT molecular complexity index is 453. The molecule has 90 valence electrons. The molecule has 3 heteroatoms. The number of hydrogen-bond donors (Lipinski definition) is 0. The van der Waals surface area contributed by atoms with Crippen molar-refractivity contribution < 1.29 is 0 Å². The molecule has 17 heavy (non-hydrogen) atoms. The zero-order valence-electron chi connectivity index (χ0n) is 9.40. The van der Waals surface area contributed by atoms with Gasteiger partial charge >= 0.3 is 0 Å². The Morgan fingerprint density at radius 3 is 2.71 bits per heavy atom. The molecule has 1 atom stereocenters. The lowest BCUT2D eigenvalue weighted by atomic mass is 9.95. The van der Waals surface area contributed by atoms with Crippen LogP contribution < -0.4 is 0 Å². The summed E-state index contributed by atoms with van der Waals surface area (Å²) in [5.41, 5.74) is 2.73. The average Bonchev–Trinajstić information content (AvgIpc) is 2.85. The van der Waals surface area contributed by atoms with Gasteiger partial charge in [0, 0.05) is 10.4 Å². The summed E-state index contributed by atoms with van der Waals surface area (Å²) in [4.78, 5) is 0. The largest absolute Gasteiger partial charge is 0.152 e. The fourth-order valence-corrected chi connectivity index (χ4v) is 3.53. The summed E-state index contributed by atoms with van der Waals surface area (Å²) in [7, 11) is 0. The first-order valence-corrected chi connectivity index (χ1v) is 7.89. The topological polar surface area (TPSA) is 0 Å². The van der Waals surface area contributed by atoms with Crippen molar-refractivity contribution in [3.63, 3.8) is 0 Å². The van der Waals surface area contributed by atoms with E-state index in [0.717, 1.165) is 17.3 Å². The molecule has 0 N–H and O–H groups in total. The number of halogens is 2. The number of aryl methyl sites for hydroxylation is 1. The van der Waals surface area contributed by atoms with Crippen LogP contribution in [-0.4, -0.2) is 5.88 Å². The predicted octanol–water partition coefficient (Wildman–Crippen LogP) is 5.47. The zero-order chi connectivity index (χ0) is 12.1. The van der Waals surface area contributed by atoms with Crippen LogP contribution in [-0.2, 0) is 6.42 Å². The highest BCUT2D eigenvalue weighted by Gasteiger charge is 2.13. The second-order valence-corrected chi connectivity index (χ2v) is 5.99. The van der Waals surface area contributed by atoms with E-state index in [-0.39, 0.29) is 0 Å². The van der Waals surface area contributed by atoms with Crippen LogP contribution in [0.1, 0.15) is 23.5 Å². The van der Waals surface area contributed by atoms with Crippen molar-refractivity contribution in [2.75, 3.05) is 5.88 Å². The smallest absolute Gasteiger partial charge is 0.0292 e. The Balaban J connectivity index is 2.04. The van der Waals surface area contributed by atoms with E-state index < -0.39 is 0 Å². The molecule has 0 amide bonds. The van der Waals surface area contributed by atoms with E-state index >= 15 is 0 Å². The van der Waals surface area contributed by atoms with Gasteiger partial charge in [0.05, 0.1) is 0 Å². The maximum absolute atomic E-state index is 6.10. The maximum Gasteiger partial charge on any atom is 0.0292 e. The number of rotatable bonds is 5. The van der Waals surface area contributed by atoms with Crippen LogP contribution in [0.3, 0.4) is 0 Å². The molecule has 0 aliphatic carbocycles. The van der Waals surface area contributed by atoms with E-state index in [1.165, 1.54) is 11.1 Å². The number of benzene rings is 1. The molecule has 1 heterocycles. The molecule has 1 unspecified atom stereocenters. The van der Waals surface area contributed by atoms with Gasteiger partial charge in [0.1, 0.15) is 0 Å². The molecule has 1 aromatic heterocycles. The van der Waals surface area contributed by atoms with Crippen LogP contribution in [0.2, 0.25) is 0 Å². The van der Waals surface area contributed by atoms with Crippen LogP contribution in [0.15, 0.2) is 45.6 Å². The summed E-state index contributed by atoms with van der Waals surface area (Å²) in [6.45, 7) is 0. The Hall–Kier alpha value is -0.310. The number of hydrogen-bond acceptors (Lipinski definition) is 1. The molecule has 0 aliphatic heterocycles. The molecule has 0 bridgehead atoms. The molecule has 0 spiro atoms. The van der Waals surface area contributed by atoms with Gasteiger partial charge < -0.3 is 0 Å². The van der Waals surface area contributed by atoms with Gasteiger partial charge in [0.15, 0.2) is 0 Å². The van der Waals surface area contributed by atoms with Crippen LogP contribution >= 0.6 is 38.9 Å². The van der Waals surface area contributed by atoms with Crippen molar-refractivity contribution in [3.8, 4) is 0 Å². The van der Waals surface area contributed by atoms with Gasteiger partial charge in [-0.3, -0.25) is 0 Å². The van der Waals surface area contributed by atoms with Crippen molar-refractivity contribution in [1.29, 1.82) is 0 Å². The second-order valence-electron chi connectivity index (χ2n) is 4.04. The third-order valence-electron chi connectivity index (χ3n) is 2.89. The van der Waals surface area contributed by atoms with Gasteiger partial charge in [0.25, 0.3) is 0 Å². The van der Waals surface area contributed by atoms with Crippen molar-refractivity contribution in [2.24, 2.45) is 0 Å². The molecular formula is C14H14BrClS. The minimum atomic E-state index is 0.423. The lowest BCUT2D eigenvalue weighted by molar-refractivity contribution is 0.683. The summed E-state index contributed by atoms with van der Waals surface area (Å²) in [5, 5.41) is 4.34. The Labute approximate surface area is 120 Å². The Morgan fingerprint density at radius 2 is 2.06 bits per heavy atom. The molecule has 0 aliphatic rings. The van der Waals surface area contributed by atoms with Crippen LogP contribution in [0, 0.1) is 0 Å². The van der Waals surface area contributed by atoms with Gasteiger partial charge in [-0.15, -0.1) is 11.6 Å². The highest BCUT2D eigenvalue weighted by Crippen LogP contribution is 2.29. The van der Waals surface area contributed by atoms with E-state index in [4.69, 9.17) is 11.6 Å². The average molecular weight is 330 g/mol.